The maximum atomic E-state index is 12.3. The Labute approximate surface area is 180 Å². The van der Waals surface area contributed by atoms with Gasteiger partial charge < -0.3 is 11.1 Å². The number of guanidine groups is 1. The summed E-state index contributed by atoms with van der Waals surface area (Å²) in [5.74, 6) is 0.192. The molecular weight excluding hydrogens is 411 g/mol. The molecular formula is C20H22Cl2N6O. The topological polar surface area (TPSA) is 97.3 Å². The Kier molecular flexibility index (Phi) is 7.39. The molecule has 0 radical (unpaired) electrons. The van der Waals surface area contributed by atoms with Crippen LogP contribution < -0.4 is 16.4 Å². The van der Waals surface area contributed by atoms with E-state index in [9.17, 15) is 4.79 Å². The normalized spacial score (nSPS) is 16.8. The summed E-state index contributed by atoms with van der Waals surface area (Å²) in [6.07, 6.45) is 3.60. The third kappa shape index (κ3) is 4.76. The van der Waals surface area contributed by atoms with Crippen molar-refractivity contribution in [1.82, 2.24) is 20.4 Å². The summed E-state index contributed by atoms with van der Waals surface area (Å²) in [4.78, 5) is 16.8. The van der Waals surface area contributed by atoms with E-state index in [1.165, 1.54) is 0 Å². The average molecular weight is 433 g/mol. The van der Waals surface area contributed by atoms with E-state index < -0.39 is 0 Å². The van der Waals surface area contributed by atoms with Gasteiger partial charge in [-0.05, 0) is 29.3 Å². The van der Waals surface area contributed by atoms with E-state index >= 15 is 0 Å². The van der Waals surface area contributed by atoms with Crippen LogP contribution in [0.5, 0.6) is 0 Å². The number of nitrogens with zero attached hydrogens (tertiary/aromatic N) is 3. The second-order valence-corrected chi connectivity index (χ2v) is 6.36. The molecule has 4 rings (SSSR count). The lowest BCUT2D eigenvalue weighted by atomic mass is 10.1. The lowest BCUT2D eigenvalue weighted by molar-refractivity contribution is -0.115. The molecule has 3 aromatic rings. The molecule has 2 heterocycles. The molecule has 152 valence electrons. The van der Waals surface area contributed by atoms with E-state index in [0.29, 0.717) is 18.2 Å². The Morgan fingerprint density at radius 1 is 1.17 bits per heavy atom. The van der Waals surface area contributed by atoms with Crippen LogP contribution in [0.15, 0.2) is 65.4 Å². The predicted octanol–water partition coefficient (Wildman–Crippen LogP) is 2.53. The van der Waals surface area contributed by atoms with E-state index in [-0.39, 0.29) is 36.8 Å². The minimum absolute atomic E-state index is 0. The molecule has 7 nitrogen and oxygen atoms in total. The van der Waals surface area contributed by atoms with Crippen molar-refractivity contribution in [1.29, 1.82) is 0 Å². The highest BCUT2D eigenvalue weighted by Crippen LogP contribution is 2.19. The van der Waals surface area contributed by atoms with Crippen LogP contribution in [0, 0.1) is 0 Å². The molecule has 0 saturated carbocycles. The van der Waals surface area contributed by atoms with Crippen molar-refractivity contribution >= 4 is 53.7 Å². The standard InChI is InChI=1S/C20H20N6O.2ClH/c1-26-18-8-7-13(9-15(18)12-22-26)10-16-19(27)25-20(23-16)24-17(11-21)14-5-3-2-4-6-14;;/h2-10,12,17H,11,21H2,1H3,(H2,23,24,25,27);2*1H/b16-10-;;/t17-;;/m0../s1. The van der Waals surface area contributed by atoms with Crippen LogP contribution in [0.2, 0.25) is 0 Å². The Bertz CT molecular complexity index is 1060. The van der Waals surface area contributed by atoms with Crippen molar-refractivity contribution in [2.75, 3.05) is 6.54 Å². The van der Waals surface area contributed by atoms with Gasteiger partial charge >= 0.3 is 0 Å². The fraction of sp³-hybridized carbons (Fsp3) is 0.150. The molecule has 0 unspecified atom stereocenters. The molecule has 2 aromatic carbocycles. The molecule has 4 N–H and O–H groups in total. The number of hydrogen-bond acceptors (Lipinski definition) is 4. The highest BCUT2D eigenvalue weighted by atomic mass is 35.5. The first kappa shape index (κ1) is 22.4. The van der Waals surface area contributed by atoms with Crippen LogP contribution in [-0.4, -0.2) is 28.2 Å². The van der Waals surface area contributed by atoms with Crippen molar-refractivity contribution in [3.8, 4) is 0 Å². The van der Waals surface area contributed by atoms with Gasteiger partial charge in [-0.25, -0.2) is 4.99 Å². The van der Waals surface area contributed by atoms with Gasteiger partial charge in [-0.2, -0.15) is 5.10 Å². The molecule has 1 aliphatic heterocycles. The number of halogens is 2. The molecule has 1 aliphatic rings. The second kappa shape index (κ2) is 9.56. The smallest absolute Gasteiger partial charge is 0.274 e. The zero-order valence-electron chi connectivity index (χ0n) is 15.7. The Morgan fingerprint density at radius 3 is 2.66 bits per heavy atom. The Hall–Kier alpha value is -2.87. The summed E-state index contributed by atoms with van der Waals surface area (Å²) in [7, 11) is 1.90. The quantitative estimate of drug-likeness (QED) is 0.551. The van der Waals surface area contributed by atoms with Gasteiger partial charge in [-0.1, -0.05) is 36.4 Å². The monoisotopic (exact) mass is 432 g/mol. The molecule has 1 aromatic heterocycles. The molecule has 0 aliphatic carbocycles. The summed E-state index contributed by atoms with van der Waals surface area (Å²) in [6, 6.07) is 15.5. The van der Waals surface area contributed by atoms with Crippen molar-refractivity contribution < 1.29 is 4.79 Å². The van der Waals surface area contributed by atoms with Crippen LogP contribution in [0.1, 0.15) is 17.2 Å². The Morgan fingerprint density at radius 2 is 1.93 bits per heavy atom. The van der Waals surface area contributed by atoms with Crippen LogP contribution in [-0.2, 0) is 11.8 Å². The van der Waals surface area contributed by atoms with Crippen LogP contribution in [0.4, 0.5) is 0 Å². The fourth-order valence-corrected chi connectivity index (χ4v) is 3.09. The SMILES string of the molecule is Cl.Cl.Cn1ncc2cc(/C=C3\NC(=N[C@@H](CN)c4ccccc4)NC3=O)ccc21. The lowest BCUT2D eigenvalue weighted by Gasteiger charge is -2.11. The summed E-state index contributed by atoms with van der Waals surface area (Å²) < 4.78 is 1.81. The third-order valence-corrected chi connectivity index (χ3v) is 4.50. The Balaban J connectivity index is 0.00000150. The molecule has 1 saturated heterocycles. The highest BCUT2D eigenvalue weighted by molar-refractivity contribution is 6.15. The number of rotatable bonds is 4. The van der Waals surface area contributed by atoms with Gasteiger partial charge in [-0.3, -0.25) is 14.8 Å². The van der Waals surface area contributed by atoms with E-state index in [1.807, 2.05) is 60.3 Å². The van der Waals surface area contributed by atoms with Gasteiger partial charge in [-0.15, -0.1) is 24.8 Å². The van der Waals surface area contributed by atoms with Gasteiger partial charge in [0.05, 0.1) is 17.8 Å². The zero-order valence-corrected chi connectivity index (χ0v) is 17.3. The minimum Gasteiger partial charge on any atom is -0.328 e. The first-order valence-corrected chi connectivity index (χ1v) is 8.68. The largest absolute Gasteiger partial charge is 0.328 e. The molecule has 9 heteroatoms. The van der Waals surface area contributed by atoms with Crippen LogP contribution in [0.3, 0.4) is 0 Å². The van der Waals surface area contributed by atoms with Gasteiger partial charge in [0, 0.05) is 19.0 Å². The van der Waals surface area contributed by atoms with Crippen LogP contribution >= 0.6 is 24.8 Å². The molecule has 1 atom stereocenters. The first-order chi connectivity index (χ1) is 13.1. The lowest BCUT2D eigenvalue weighted by Crippen LogP contribution is -2.27. The number of aryl methyl sites for hydroxylation is 1. The molecule has 0 bridgehead atoms. The number of hydrogen-bond donors (Lipinski definition) is 3. The molecule has 1 fully saturated rings. The number of nitrogens with one attached hydrogen (secondary N) is 2. The van der Waals surface area contributed by atoms with E-state index in [2.05, 4.69) is 20.7 Å². The van der Waals surface area contributed by atoms with E-state index in [0.717, 1.165) is 22.0 Å². The number of aliphatic imine (C=N–C) groups is 1. The predicted molar refractivity (Wildman–Crippen MR) is 120 cm³/mol. The minimum atomic E-state index is -0.222. The van der Waals surface area contributed by atoms with Crippen LogP contribution in [0.25, 0.3) is 17.0 Å². The molecule has 0 spiro atoms. The number of carbonyl (C=O) groups is 1. The highest BCUT2D eigenvalue weighted by Gasteiger charge is 2.23. The first-order valence-electron chi connectivity index (χ1n) is 8.68. The fourth-order valence-electron chi connectivity index (χ4n) is 3.09. The number of nitrogens with two attached hydrogens (primary N) is 1. The summed E-state index contributed by atoms with van der Waals surface area (Å²) >= 11 is 0. The molecule has 29 heavy (non-hydrogen) atoms. The van der Waals surface area contributed by atoms with E-state index in [4.69, 9.17) is 5.73 Å². The number of fused-ring (bicyclic) bond motifs is 1. The summed E-state index contributed by atoms with van der Waals surface area (Å²) in [5.41, 5.74) is 9.26. The number of aromatic nitrogens is 2. The van der Waals surface area contributed by atoms with Crippen molar-refractivity contribution in [3.63, 3.8) is 0 Å². The number of amides is 1. The zero-order chi connectivity index (χ0) is 18.8. The van der Waals surface area contributed by atoms with Crippen molar-refractivity contribution in [2.45, 2.75) is 6.04 Å². The number of carbonyl (C=O) groups excluding carboxylic acids is 1. The molecule has 1 amide bonds. The van der Waals surface area contributed by atoms with Gasteiger partial charge in [0.15, 0.2) is 0 Å². The third-order valence-electron chi connectivity index (χ3n) is 4.50. The second-order valence-electron chi connectivity index (χ2n) is 6.36. The maximum Gasteiger partial charge on any atom is 0.274 e. The summed E-state index contributed by atoms with van der Waals surface area (Å²) in [6.45, 7) is 0.349. The van der Waals surface area contributed by atoms with Gasteiger partial charge in [0.2, 0.25) is 5.96 Å². The average Bonchev–Trinajstić information content (AvgIpc) is 3.23. The van der Waals surface area contributed by atoms with E-state index in [1.54, 1.807) is 12.3 Å². The summed E-state index contributed by atoms with van der Waals surface area (Å²) in [5, 5.41) is 11.1. The maximum absolute atomic E-state index is 12.3. The number of benzene rings is 2. The van der Waals surface area contributed by atoms with Gasteiger partial charge in [0.25, 0.3) is 5.91 Å². The van der Waals surface area contributed by atoms with Crippen molar-refractivity contribution in [2.24, 2.45) is 17.8 Å². The van der Waals surface area contributed by atoms with Gasteiger partial charge in [0.1, 0.15) is 5.70 Å². The van der Waals surface area contributed by atoms with Crippen molar-refractivity contribution in [3.05, 3.63) is 71.6 Å².